The molecule has 0 aromatic heterocycles. The van der Waals surface area contributed by atoms with Crippen molar-refractivity contribution in [3.63, 3.8) is 0 Å². The van der Waals surface area contributed by atoms with Crippen molar-refractivity contribution in [3.8, 4) is 0 Å². The van der Waals surface area contributed by atoms with Gasteiger partial charge < -0.3 is 5.32 Å². The lowest BCUT2D eigenvalue weighted by molar-refractivity contribution is 0.102. The summed E-state index contributed by atoms with van der Waals surface area (Å²) in [6.45, 7) is 0. The van der Waals surface area contributed by atoms with Crippen LogP contribution in [0.25, 0.3) is 0 Å². The van der Waals surface area contributed by atoms with Crippen molar-refractivity contribution in [1.82, 2.24) is 0 Å². The van der Waals surface area contributed by atoms with Crippen LogP contribution in [-0.4, -0.2) is 20.6 Å². The SMILES string of the molecule is CSc1ccc(C(=O)Nc2ccccc2S(=O)(=O)F)cc1. The Morgan fingerprint density at radius 1 is 1.10 bits per heavy atom. The van der Waals surface area contributed by atoms with E-state index in [1.807, 2.05) is 6.26 Å². The van der Waals surface area contributed by atoms with Crippen LogP contribution < -0.4 is 5.32 Å². The average molecular weight is 325 g/mol. The van der Waals surface area contributed by atoms with Gasteiger partial charge in [0, 0.05) is 10.5 Å². The minimum Gasteiger partial charge on any atom is -0.321 e. The zero-order chi connectivity index (χ0) is 15.5. The Kier molecular flexibility index (Phi) is 4.64. The first kappa shape index (κ1) is 15.5. The maximum atomic E-state index is 13.2. The molecule has 2 aromatic carbocycles. The van der Waals surface area contributed by atoms with Crippen LogP contribution in [0.15, 0.2) is 58.3 Å². The number of nitrogens with one attached hydrogen (secondary N) is 1. The molecule has 1 amide bonds. The number of thioether (sulfide) groups is 1. The van der Waals surface area contributed by atoms with E-state index in [0.29, 0.717) is 5.56 Å². The molecule has 7 heteroatoms. The van der Waals surface area contributed by atoms with Gasteiger partial charge in [-0.3, -0.25) is 4.79 Å². The highest BCUT2D eigenvalue weighted by Gasteiger charge is 2.18. The summed E-state index contributed by atoms with van der Waals surface area (Å²) in [5.41, 5.74) is 0.276. The summed E-state index contributed by atoms with van der Waals surface area (Å²) in [4.78, 5) is 12.5. The summed E-state index contributed by atoms with van der Waals surface area (Å²) < 4.78 is 35.2. The standard InChI is InChI=1S/C14H12FNO3S2/c1-20-11-8-6-10(7-9-11)14(17)16-12-4-2-3-5-13(12)21(15,18)19/h2-9H,1H3,(H,16,17). The van der Waals surface area contributed by atoms with Crippen LogP contribution in [-0.2, 0) is 10.2 Å². The molecule has 1 N–H and O–H groups in total. The van der Waals surface area contributed by atoms with E-state index in [2.05, 4.69) is 5.32 Å². The highest BCUT2D eigenvalue weighted by molar-refractivity contribution is 7.98. The van der Waals surface area contributed by atoms with Crippen LogP contribution in [0.5, 0.6) is 0 Å². The molecule has 0 bridgehead atoms. The first-order chi connectivity index (χ1) is 9.91. The van der Waals surface area contributed by atoms with Gasteiger partial charge in [0.2, 0.25) is 0 Å². The van der Waals surface area contributed by atoms with Crippen molar-refractivity contribution in [1.29, 1.82) is 0 Å². The van der Waals surface area contributed by atoms with E-state index in [1.54, 1.807) is 24.3 Å². The largest absolute Gasteiger partial charge is 0.334 e. The number of carbonyl (C=O) groups excluding carboxylic acids is 1. The van der Waals surface area contributed by atoms with Crippen LogP contribution in [0.1, 0.15) is 10.4 Å². The van der Waals surface area contributed by atoms with Crippen molar-refractivity contribution < 1.29 is 17.1 Å². The molecule has 0 radical (unpaired) electrons. The Morgan fingerprint density at radius 3 is 2.29 bits per heavy atom. The molecule has 2 aromatic rings. The van der Waals surface area contributed by atoms with Gasteiger partial charge in [-0.05, 0) is 42.7 Å². The molecule has 0 atom stereocenters. The zero-order valence-corrected chi connectivity index (χ0v) is 12.7. The van der Waals surface area contributed by atoms with Crippen LogP contribution in [0, 0.1) is 0 Å². The van der Waals surface area contributed by atoms with E-state index < -0.39 is 21.0 Å². The van der Waals surface area contributed by atoms with Gasteiger partial charge in [-0.2, -0.15) is 8.42 Å². The van der Waals surface area contributed by atoms with E-state index in [9.17, 15) is 17.1 Å². The van der Waals surface area contributed by atoms with Crippen LogP contribution in [0.4, 0.5) is 9.57 Å². The second-order valence-electron chi connectivity index (χ2n) is 4.12. The second-order valence-corrected chi connectivity index (χ2v) is 6.31. The molecule has 4 nitrogen and oxygen atoms in total. The monoisotopic (exact) mass is 325 g/mol. The Bertz CT molecular complexity index is 758. The van der Waals surface area contributed by atoms with Gasteiger partial charge in [0.05, 0.1) is 5.69 Å². The number of amides is 1. The van der Waals surface area contributed by atoms with Gasteiger partial charge in [-0.25, -0.2) is 0 Å². The first-order valence-corrected chi connectivity index (χ1v) is 8.52. The average Bonchev–Trinajstić information content (AvgIpc) is 2.47. The number of carbonyl (C=O) groups is 1. The van der Waals surface area contributed by atoms with Gasteiger partial charge in [-0.1, -0.05) is 12.1 Å². The Morgan fingerprint density at radius 2 is 1.71 bits per heavy atom. The molecule has 0 saturated heterocycles. The summed E-state index contributed by atoms with van der Waals surface area (Å²) in [7, 11) is -4.89. The first-order valence-electron chi connectivity index (χ1n) is 5.91. The van der Waals surface area contributed by atoms with Crippen LogP contribution >= 0.6 is 11.8 Å². The molecule has 21 heavy (non-hydrogen) atoms. The number of halogens is 1. The third kappa shape index (κ3) is 3.83. The van der Waals surface area contributed by atoms with Crippen molar-refractivity contribution in [2.24, 2.45) is 0 Å². The summed E-state index contributed by atoms with van der Waals surface area (Å²) in [6.07, 6.45) is 1.91. The van der Waals surface area contributed by atoms with Gasteiger partial charge in [0.25, 0.3) is 5.91 Å². The van der Waals surface area contributed by atoms with E-state index in [4.69, 9.17) is 0 Å². The number of hydrogen-bond acceptors (Lipinski definition) is 4. The molecule has 0 heterocycles. The van der Waals surface area contributed by atoms with Gasteiger partial charge in [0.1, 0.15) is 4.90 Å². The Balaban J connectivity index is 2.27. The lowest BCUT2D eigenvalue weighted by atomic mass is 10.2. The van der Waals surface area contributed by atoms with Gasteiger partial charge in [0.15, 0.2) is 0 Å². The van der Waals surface area contributed by atoms with Crippen molar-refractivity contribution in [2.75, 3.05) is 11.6 Å². The minimum absolute atomic E-state index is 0.0843. The fourth-order valence-electron chi connectivity index (χ4n) is 1.72. The highest BCUT2D eigenvalue weighted by Crippen LogP contribution is 2.23. The maximum Gasteiger partial charge on any atom is 0.334 e. The molecule has 0 unspecified atom stereocenters. The predicted molar refractivity (Wildman–Crippen MR) is 80.9 cm³/mol. The number of rotatable bonds is 4. The molecular weight excluding hydrogens is 313 g/mol. The number of anilines is 1. The Labute approximate surface area is 126 Å². The third-order valence-electron chi connectivity index (χ3n) is 2.75. The number of benzene rings is 2. The fraction of sp³-hybridized carbons (Fsp3) is 0.0714. The lowest BCUT2D eigenvalue weighted by Gasteiger charge is -2.08. The topological polar surface area (TPSA) is 63.2 Å². The Hall–Kier alpha value is -1.86. The van der Waals surface area contributed by atoms with Crippen LogP contribution in [0.3, 0.4) is 0 Å². The normalized spacial score (nSPS) is 11.1. The van der Waals surface area contributed by atoms with E-state index >= 15 is 0 Å². The predicted octanol–water partition coefficient (Wildman–Crippen LogP) is 3.32. The summed E-state index contributed by atoms with van der Waals surface area (Å²) >= 11 is 1.54. The van der Waals surface area contributed by atoms with Gasteiger partial charge in [-0.15, -0.1) is 15.6 Å². The zero-order valence-electron chi connectivity index (χ0n) is 11.0. The van der Waals surface area contributed by atoms with E-state index in [1.165, 1.54) is 30.0 Å². The minimum atomic E-state index is -4.89. The number of para-hydroxylation sites is 1. The van der Waals surface area contributed by atoms with Crippen molar-refractivity contribution in [3.05, 3.63) is 54.1 Å². The summed E-state index contributed by atoms with van der Waals surface area (Å²) in [6, 6.07) is 12.1. The van der Waals surface area contributed by atoms with E-state index in [0.717, 1.165) is 11.0 Å². The molecule has 0 spiro atoms. The van der Waals surface area contributed by atoms with E-state index in [-0.39, 0.29) is 5.69 Å². The molecule has 110 valence electrons. The molecular formula is C14H12FNO3S2. The fourth-order valence-corrected chi connectivity index (χ4v) is 2.75. The maximum absolute atomic E-state index is 13.2. The lowest BCUT2D eigenvalue weighted by Crippen LogP contribution is -2.13. The highest BCUT2D eigenvalue weighted by atomic mass is 32.3. The summed E-state index contributed by atoms with van der Waals surface area (Å²) in [5, 5.41) is 2.41. The molecule has 0 aliphatic heterocycles. The molecule has 0 aliphatic carbocycles. The third-order valence-corrected chi connectivity index (χ3v) is 4.38. The molecule has 2 rings (SSSR count). The van der Waals surface area contributed by atoms with Crippen molar-refractivity contribution >= 4 is 33.6 Å². The van der Waals surface area contributed by atoms with Gasteiger partial charge >= 0.3 is 10.2 Å². The summed E-state index contributed by atoms with van der Waals surface area (Å²) in [5.74, 6) is -0.501. The molecule has 0 saturated carbocycles. The quantitative estimate of drug-likeness (QED) is 0.692. The molecule has 0 fully saturated rings. The smallest absolute Gasteiger partial charge is 0.321 e. The van der Waals surface area contributed by atoms with Crippen molar-refractivity contribution in [2.45, 2.75) is 9.79 Å². The number of hydrogen-bond donors (Lipinski definition) is 1. The van der Waals surface area contributed by atoms with Crippen LogP contribution in [0.2, 0.25) is 0 Å². The second kappa shape index (κ2) is 6.28. The molecule has 0 aliphatic rings.